The standard InChI is InChI=1S/C13H15NO5/c1-10(7-8-15)14(12(16)17)13(18)19-9-11-5-3-2-4-6-11/h2-6,8,10H,7,9H2,1H3,(H,16,17). The molecule has 2 amide bonds. The van der Waals surface area contributed by atoms with Crippen molar-refractivity contribution < 1.29 is 24.2 Å². The Morgan fingerprint density at radius 2 is 2.00 bits per heavy atom. The first kappa shape index (κ1) is 14.7. The number of benzene rings is 1. The maximum atomic E-state index is 11.7. The third kappa shape index (κ3) is 4.42. The molecule has 1 aromatic rings. The molecule has 0 aliphatic carbocycles. The first-order chi connectivity index (χ1) is 9.06. The summed E-state index contributed by atoms with van der Waals surface area (Å²) in [5.41, 5.74) is 0.754. The summed E-state index contributed by atoms with van der Waals surface area (Å²) in [5.74, 6) is 0. The highest BCUT2D eigenvalue weighted by molar-refractivity contribution is 5.87. The second-order valence-electron chi connectivity index (χ2n) is 3.94. The van der Waals surface area contributed by atoms with E-state index >= 15 is 0 Å². The molecule has 0 radical (unpaired) electrons. The molecule has 0 aliphatic rings. The van der Waals surface area contributed by atoms with Crippen LogP contribution in [0.4, 0.5) is 9.59 Å². The number of nitrogens with zero attached hydrogens (tertiary/aromatic N) is 1. The van der Waals surface area contributed by atoms with Crippen molar-refractivity contribution in [2.24, 2.45) is 0 Å². The van der Waals surface area contributed by atoms with Crippen LogP contribution in [0, 0.1) is 0 Å². The lowest BCUT2D eigenvalue weighted by atomic mass is 10.2. The Morgan fingerprint density at radius 3 is 2.53 bits per heavy atom. The van der Waals surface area contributed by atoms with Crippen LogP contribution in [-0.4, -0.2) is 34.5 Å². The Balaban J connectivity index is 2.62. The molecule has 1 atom stereocenters. The van der Waals surface area contributed by atoms with E-state index in [1.807, 2.05) is 6.07 Å². The molecule has 1 unspecified atom stereocenters. The van der Waals surface area contributed by atoms with E-state index in [-0.39, 0.29) is 13.0 Å². The van der Waals surface area contributed by atoms with E-state index in [4.69, 9.17) is 9.84 Å². The van der Waals surface area contributed by atoms with Crippen LogP contribution in [0.25, 0.3) is 0 Å². The van der Waals surface area contributed by atoms with Crippen molar-refractivity contribution in [3.05, 3.63) is 35.9 Å². The summed E-state index contributed by atoms with van der Waals surface area (Å²) in [4.78, 5) is 33.5. The molecule has 19 heavy (non-hydrogen) atoms. The van der Waals surface area contributed by atoms with Crippen molar-refractivity contribution in [1.29, 1.82) is 0 Å². The van der Waals surface area contributed by atoms with Crippen molar-refractivity contribution in [3.63, 3.8) is 0 Å². The summed E-state index contributed by atoms with van der Waals surface area (Å²) in [5, 5.41) is 8.95. The maximum Gasteiger partial charge on any atom is 0.419 e. The van der Waals surface area contributed by atoms with Crippen LogP contribution in [0.3, 0.4) is 0 Å². The fraction of sp³-hybridized carbons (Fsp3) is 0.308. The highest BCUT2D eigenvalue weighted by Gasteiger charge is 2.27. The lowest BCUT2D eigenvalue weighted by molar-refractivity contribution is -0.108. The zero-order chi connectivity index (χ0) is 14.3. The minimum atomic E-state index is -1.44. The van der Waals surface area contributed by atoms with Gasteiger partial charge in [0, 0.05) is 6.42 Å². The number of carbonyl (C=O) groups excluding carboxylic acids is 2. The van der Waals surface area contributed by atoms with Crippen LogP contribution < -0.4 is 0 Å². The molecule has 6 heteroatoms. The molecule has 0 saturated carbocycles. The number of ether oxygens (including phenoxy) is 1. The van der Waals surface area contributed by atoms with Crippen molar-refractivity contribution in [1.82, 2.24) is 4.90 Å². The van der Waals surface area contributed by atoms with E-state index < -0.39 is 18.2 Å². The van der Waals surface area contributed by atoms with Gasteiger partial charge in [-0.3, -0.25) is 0 Å². The average Bonchev–Trinajstić information content (AvgIpc) is 2.37. The van der Waals surface area contributed by atoms with Gasteiger partial charge in [0.05, 0.1) is 6.04 Å². The Kier molecular flexibility index (Phi) is 5.53. The average molecular weight is 265 g/mol. The summed E-state index contributed by atoms with van der Waals surface area (Å²) in [6.07, 6.45) is -1.92. The van der Waals surface area contributed by atoms with E-state index in [0.29, 0.717) is 11.2 Å². The smallest absolute Gasteiger partial charge is 0.419 e. The molecule has 1 aromatic carbocycles. The summed E-state index contributed by atoms with van der Waals surface area (Å²) in [6.45, 7) is 1.45. The Morgan fingerprint density at radius 1 is 1.37 bits per heavy atom. The topological polar surface area (TPSA) is 83.9 Å². The monoisotopic (exact) mass is 265 g/mol. The van der Waals surface area contributed by atoms with Gasteiger partial charge in [-0.1, -0.05) is 30.3 Å². The quantitative estimate of drug-likeness (QED) is 0.825. The predicted molar refractivity (Wildman–Crippen MR) is 66.6 cm³/mol. The molecule has 0 bridgehead atoms. The van der Waals surface area contributed by atoms with Crippen LogP contribution in [0.2, 0.25) is 0 Å². The minimum Gasteiger partial charge on any atom is -0.465 e. The van der Waals surface area contributed by atoms with Crippen LogP contribution in [-0.2, 0) is 16.1 Å². The molecule has 1 rings (SSSR count). The maximum absolute atomic E-state index is 11.7. The minimum absolute atomic E-state index is 0.0166. The third-order valence-electron chi connectivity index (χ3n) is 2.49. The van der Waals surface area contributed by atoms with Gasteiger partial charge in [-0.05, 0) is 12.5 Å². The molecule has 0 fully saturated rings. The van der Waals surface area contributed by atoms with Crippen molar-refractivity contribution in [3.8, 4) is 0 Å². The number of carbonyl (C=O) groups is 3. The van der Waals surface area contributed by atoms with Crippen molar-refractivity contribution >= 4 is 18.5 Å². The van der Waals surface area contributed by atoms with E-state index in [0.717, 1.165) is 5.56 Å². The molecule has 0 heterocycles. The molecule has 0 spiro atoms. The van der Waals surface area contributed by atoms with Crippen LogP contribution in [0.5, 0.6) is 0 Å². The molecular formula is C13H15NO5. The molecule has 0 aromatic heterocycles. The highest BCUT2D eigenvalue weighted by Crippen LogP contribution is 2.08. The number of hydrogen-bond donors (Lipinski definition) is 1. The van der Waals surface area contributed by atoms with Gasteiger partial charge in [-0.2, -0.15) is 0 Å². The van der Waals surface area contributed by atoms with E-state index in [9.17, 15) is 14.4 Å². The van der Waals surface area contributed by atoms with Gasteiger partial charge in [0.2, 0.25) is 0 Å². The molecule has 0 saturated heterocycles. The van der Waals surface area contributed by atoms with Gasteiger partial charge in [0.15, 0.2) is 0 Å². The lowest BCUT2D eigenvalue weighted by Gasteiger charge is -2.22. The second-order valence-corrected chi connectivity index (χ2v) is 3.94. The number of amides is 2. The first-order valence-electron chi connectivity index (χ1n) is 5.72. The molecule has 6 nitrogen and oxygen atoms in total. The van der Waals surface area contributed by atoms with Crippen LogP contribution >= 0.6 is 0 Å². The van der Waals surface area contributed by atoms with Gasteiger partial charge in [0.25, 0.3) is 0 Å². The SMILES string of the molecule is CC(CC=O)N(C(=O)O)C(=O)OCc1ccccc1. The summed E-state index contributed by atoms with van der Waals surface area (Å²) in [6, 6.07) is 8.15. The van der Waals surface area contributed by atoms with E-state index in [1.54, 1.807) is 24.3 Å². The van der Waals surface area contributed by atoms with E-state index in [1.165, 1.54) is 6.92 Å². The van der Waals surface area contributed by atoms with Crippen molar-refractivity contribution in [2.75, 3.05) is 0 Å². The van der Waals surface area contributed by atoms with Crippen LogP contribution in [0.15, 0.2) is 30.3 Å². The number of imide groups is 1. The van der Waals surface area contributed by atoms with E-state index in [2.05, 4.69) is 0 Å². The number of rotatable bonds is 5. The zero-order valence-corrected chi connectivity index (χ0v) is 10.5. The summed E-state index contributed by atoms with van der Waals surface area (Å²) in [7, 11) is 0. The number of carboxylic acid groups (broad SMARTS) is 1. The first-order valence-corrected chi connectivity index (χ1v) is 5.72. The number of aldehydes is 1. The highest BCUT2D eigenvalue weighted by atomic mass is 16.6. The second kappa shape index (κ2) is 7.15. The van der Waals surface area contributed by atoms with Crippen LogP contribution in [0.1, 0.15) is 18.9 Å². The molecule has 1 N–H and O–H groups in total. The predicted octanol–water partition coefficient (Wildman–Crippen LogP) is 2.28. The summed E-state index contributed by atoms with van der Waals surface area (Å²) < 4.78 is 4.91. The fourth-order valence-electron chi connectivity index (χ4n) is 1.48. The largest absolute Gasteiger partial charge is 0.465 e. The Bertz CT molecular complexity index is 446. The molecular weight excluding hydrogens is 250 g/mol. The molecule has 102 valence electrons. The Hall–Kier alpha value is -2.37. The van der Waals surface area contributed by atoms with Gasteiger partial charge >= 0.3 is 12.2 Å². The molecule has 0 aliphatic heterocycles. The number of hydrogen-bond acceptors (Lipinski definition) is 4. The van der Waals surface area contributed by atoms with Gasteiger partial charge < -0.3 is 14.6 Å². The third-order valence-corrected chi connectivity index (χ3v) is 2.49. The van der Waals surface area contributed by atoms with Crippen molar-refractivity contribution in [2.45, 2.75) is 26.0 Å². The van der Waals surface area contributed by atoms with Gasteiger partial charge in [-0.15, -0.1) is 0 Å². The van der Waals surface area contributed by atoms with Gasteiger partial charge in [-0.25, -0.2) is 14.5 Å². The Labute approximate surface area is 110 Å². The zero-order valence-electron chi connectivity index (χ0n) is 10.5. The lowest BCUT2D eigenvalue weighted by Crippen LogP contribution is -2.42. The van der Waals surface area contributed by atoms with Gasteiger partial charge in [0.1, 0.15) is 12.9 Å². The summed E-state index contributed by atoms with van der Waals surface area (Å²) >= 11 is 0. The fourth-order valence-corrected chi connectivity index (χ4v) is 1.48. The normalized spacial score (nSPS) is 11.4.